The van der Waals surface area contributed by atoms with Crippen molar-refractivity contribution in [3.05, 3.63) is 65.2 Å². The fourth-order valence-electron chi connectivity index (χ4n) is 1.90. The topological polar surface area (TPSA) is 59.3 Å². The van der Waals surface area contributed by atoms with Crippen LogP contribution in [0, 0.1) is 11.3 Å². The Kier molecular flexibility index (Phi) is 4.94. The maximum atomic E-state index is 12.1. The Morgan fingerprint density at radius 3 is 2.14 bits per heavy atom. The van der Waals surface area contributed by atoms with E-state index in [-0.39, 0.29) is 5.78 Å². The number of hydrogen-bond acceptors (Lipinski definition) is 4. The standard InChI is InChI=1S/C18H15NO3/c1-21-16-9-14(10-17(11-16)22-2)5-8-18(20)15-6-3-13(12-19)4-7-15/h3-11H,1-2H3. The summed E-state index contributed by atoms with van der Waals surface area (Å²) in [5.41, 5.74) is 1.86. The molecule has 0 spiro atoms. The highest BCUT2D eigenvalue weighted by molar-refractivity contribution is 6.06. The van der Waals surface area contributed by atoms with Crippen molar-refractivity contribution in [1.82, 2.24) is 0 Å². The summed E-state index contributed by atoms with van der Waals surface area (Å²) < 4.78 is 10.4. The lowest BCUT2D eigenvalue weighted by Crippen LogP contribution is -1.94. The zero-order valence-corrected chi connectivity index (χ0v) is 12.4. The third kappa shape index (κ3) is 3.74. The number of nitrogens with zero attached hydrogens (tertiary/aromatic N) is 1. The second-order valence-electron chi connectivity index (χ2n) is 4.53. The summed E-state index contributed by atoms with van der Waals surface area (Å²) in [4.78, 5) is 12.1. The monoisotopic (exact) mass is 293 g/mol. The average molecular weight is 293 g/mol. The van der Waals surface area contributed by atoms with Gasteiger partial charge < -0.3 is 9.47 Å². The van der Waals surface area contributed by atoms with E-state index in [0.717, 1.165) is 5.56 Å². The summed E-state index contributed by atoms with van der Waals surface area (Å²) in [6.45, 7) is 0. The van der Waals surface area contributed by atoms with Gasteiger partial charge in [-0.1, -0.05) is 6.08 Å². The van der Waals surface area contributed by atoms with Crippen LogP contribution >= 0.6 is 0 Å². The van der Waals surface area contributed by atoms with Crippen LogP contribution in [0.4, 0.5) is 0 Å². The predicted octanol–water partition coefficient (Wildman–Crippen LogP) is 3.47. The molecular weight excluding hydrogens is 278 g/mol. The smallest absolute Gasteiger partial charge is 0.185 e. The molecule has 0 heterocycles. The average Bonchev–Trinajstić information content (AvgIpc) is 2.59. The first kappa shape index (κ1) is 15.3. The van der Waals surface area contributed by atoms with E-state index in [1.807, 2.05) is 18.2 Å². The molecule has 2 aromatic rings. The van der Waals surface area contributed by atoms with Crippen LogP contribution in [0.25, 0.3) is 6.08 Å². The summed E-state index contributed by atoms with van der Waals surface area (Å²) in [7, 11) is 3.15. The molecular formula is C18H15NO3. The number of allylic oxidation sites excluding steroid dienone is 1. The molecule has 0 unspecified atom stereocenters. The Hall–Kier alpha value is -3.06. The van der Waals surface area contributed by atoms with E-state index in [0.29, 0.717) is 22.6 Å². The van der Waals surface area contributed by atoms with Crippen molar-refractivity contribution in [2.75, 3.05) is 14.2 Å². The van der Waals surface area contributed by atoms with Gasteiger partial charge in [-0.3, -0.25) is 4.79 Å². The van der Waals surface area contributed by atoms with Crippen LogP contribution in [-0.2, 0) is 0 Å². The zero-order chi connectivity index (χ0) is 15.9. The first-order valence-electron chi connectivity index (χ1n) is 6.62. The third-order valence-electron chi connectivity index (χ3n) is 3.10. The van der Waals surface area contributed by atoms with Crippen molar-refractivity contribution < 1.29 is 14.3 Å². The molecule has 0 aromatic heterocycles. The van der Waals surface area contributed by atoms with Gasteiger partial charge in [0.15, 0.2) is 5.78 Å². The van der Waals surface area contributed by atoms with Gasteiger partial charge >= 0.3 is 0 Å². The Morgan fingerprint density at radius 1 is 1.05 bits per heavy atom. The molecule has 0 amide bonds. The van der Waals surface area contributed by atoms with Gasteiger partial charge in [-0.15, -0.1) is 0 Å². The van der Waals surface area contributed by atoms with E-state index in [1.165, 1.54) is 6.08 Å². The number of methoxy groups -OCH3 is 2. The Labute approximate surface area is 129 Å². The van der Waals surface area contributed by atoms with Gasteiger partial charge in [-0.25, -0.2) is 0 Å². The van der Waals surface area contributed by atoms with Gasteiger partial charge in [0.25, 0.3) is 0 Å². The number of rotatable bonds is 5. The van der Waals surface area contributed by atoms with E-state index in [2.05, 4.69) is 0 Å². The van der Waals surface area contributed by atoms with Crippen LogP contribution in [-0.4, -0.2) is 20.0 Å². The molecule has 0 bridgehead atoms. The lowest BCUT2D eigenvalue weighted by molar-refractivity contribution is 0.104. The van der Waals surface area contributed by atoms with E-state index >= 15 is 0 Å². The Morgan fingerprint density at radius 2 is 1.64 bits per heavy atom. The molecule has 110 valence electrons. The quantitative estimate of drug-likeness (QED) is 0.625. The molecule has 0 fully saturated rings. The summed E-state index contributed by atoms with van der Waals surface area (Å²) in [5.74, 6) is 1.18. The maximum Gasteiger partial charge on any atom is 0.185 e. The predicted molar refractivity (Wildman–Crippen MR) is 84.1 cm³/mol. The van der Waals surface area contributed by atoms with Crippen molar-refractivity contribution in [2.24, 2.45) is 0 Å². The maximum absolute atomic E-state index is 12.1. The number of carbonyl (C=O) groups is 1. The molecule has 0 aliphatic heterocycles. The third-order valence-corrected chi connectivity index (χ3v) is 3.10. The molecule has 4 nitrogen and oxygen atoms in total. The van der Waals surface area contributed by atoms with Crippen molar-refractivity contribution in [2.45, 2.75) is 0 Å². The van der Waals surface area contributed by atoms with Crippen molar-refractivity contribution >= 4 is 11.9 Å². The molecule has 22 heavy (non-hydrogen) atoms. The fraction of sp³-hybridized carbons (Fsp3) is 0.111. The van der Waals surface area contributed by atoms with Gasteiger partial charge in [0.1, 0.15) is 11.5 Å². The largest absolute Gasteiger partial charge is 0.497 e. The number of benzene rings is 2. The van der Waals surface area contributed by atoms with Crippen LogP contribution in [0.5, 0.6) is 11.5 Å². The summed E-state index contributed by atoms with van der Waals surface area (Å²) in [6.07, 6.45) is 3.18. The van der Waals surface area contributed by atoms with Crippen LogP contribution in [0.15, 0.2) is 48.5 Å². The number of carbonyl (C=O) groups excluding carboxylic acids is 1. The van der Waals surface area contributed by atoms with Gasteiger partial charge in [0, 0.05) is 11.6 Å². The molecule has 4 heteroatoms. The molecule has 0 saturated heterocycles. The van der Waals surface area contributed by atoms with E-state index in [1.54, 1.807) is 50.6 Å². The molecule has 0 aliphatic rings. The van der Waals surface area contributed by atoms with Gasteiger partial charge in [0.2, 0.25) is 0 Å². The molecule has 2 rings (SSSR count). The van der Waals surface area contributed by atoms with Crippen LogP contribution < -0.4 is 9.47 Å². The SMILES string of the molecule is COc1cc(C=CC(=O)c2ccc(C#N)cc2)cc(OC)c1. The van der Waals surface area contributed by atoms with Crippen LogP contribution in [0.1, 0.15) is 21.5 Å². The highest BCUT2D eigenvalue weighted by Crippen LogP contribution is 2.23. The minimum absolute atomic E-state index is 0.133. The van der Waals surface area contributed by atoms with Crippen molar-refractivity contribution in [3.63, 3.8) is 0 Å². The minimum Gasteiger partial charge on any atom is -0.497 e. The molecule has 2 aromatic carbocycles. The summed E-state index contributed by atoms with van der Waals surface area (Å²) in [6, 6.07) is 13.9. The summed E-state index contributed by atoms with van der Waals surface area (Å²) >= 11 is 0. The summed E-state index contributed by atoms with van der Waals surface area (Å²) in [5, 5.41) is 8.75. The van der Waals surface area contributed by atoms with Crippen LogP contribution in [0.2, 0.25) is 0 Å². The zero-order valence-electron chi connectivity index (χ0n) is 12.4. The second kappa shape index (κ2) is 7.09. The normalized spacial score (nSPS) is 10.2. The fourth-order valence-corrected chi connectivity index (χ4v) is 1.90. The number of nitriles is 1. The van der Waals surface area contributed by atoms with Gasteiger partial charge in [-0.05, 0) is 48.0 Å². The minimum atomic E-state index is -0.133. The van der Waals surface area contributed by atoms with Crippen molar-refractivity contribution in [3.8, 4) is 17.6 Å². The molecule has 0 radical (unpaired) electrons. The van der Waals surface area contributed by atoms with Crippen molar-refractivity contribution in [1.29, 1.82) is 5.26 Å². The number of ether oxygens (including phenoxy) is 2. The van der Waals surface area contributed by atoms with E-state index in [4.69, 9.17) is 14.7 Å². The molecule has 0 N–H and O–H groups in total. The highest BCUT2D eigenvalue weighted by Gasteiger charge is 2.03. The second-order valence-corrected chi connectivity index (χ2v) is 4.53. The lowest BCUT2D eigenvalue weighted by Gasteiger charge is -2.05. The first-order valence-corrected chi connectivity index (χ1v) is 6.62. The molecule has 0 aliphatic carbocycles. The highest BCUT2D eigenvalue weighted by atomic mass is 16.5. The van der Waals surface area contributed by atoms with E-state index < -0.39 is 0 Å². The molecule has 0 saturated carbocycles. The van der Waals surface area contributed by atoms with Gasteiger partial charge in [0.05, 0.1) is 25.9 Å². The molecule has 0 atom stereocenters. The Balaban J connectivity index is 2.20. The van der Waals surface area contributed by atoms with Gasteiger partial charge in [-0.2, -0.15) is 5.26 Å². The van der Waals surface area contributed by atoms with E-state index in [9.17, 15) is 4.79 Å². The lowest BCUT2D eigenvalue weighted by atomic mass is 10.1. The number of ketones is 1. The first-order chi connectivity index (χ1) is 10.7. The number of hydrogen-bond donors (Lipinski definition) is 0. The Bertz CT molecular complexity index is 718. The van der Waals surface area contributed by atoms with Crippen LogP contribution in [0.3, 0.4) is 0 Å².